The number of hydrogen-bond acceptors (Lipinski definition) is 3. The molecule has 3 N–H and O–H groups in total. The molecule has 1 aromatic rings. The van der Waals surface area contributed by atoms with Crippen molar-refractivity contribution >= 4 is 17.5 Å². The Bertz CT molecular complexity index is 454. The van der Waals surface area contributed by atoms with Gasteiger partial charge in [0.05, 0.1) is 0 Å². The molecule has 1 aliphatic heterocycles. The highest BCUT2D eigenvalue weighted by Gasteiger charge is 2.26. The summed E-state index contributed by atoms with van der Waals surface area (Å²) in [5.41, 5.74) is 7.61. The molecule has 96 valence electrons. The molecule has 1 aromatic carbocycles. The van der Waals surface area contributed by atoms with E-state index in [0.29, 0.717) is 13.1 Å². The molecule has 0 spiro atoms. The SMILES string of the molecule is CC(N)Cc1ccc(N2CCNC(=O)C2=O)cc1. The van der Waals surface area contributed by atoms with Crippen LogP contribution < -0.4 is 16.0 Å². The highest BCUT2D eigenvalue weighted by atomic mass is 16.2. The smallest absolute Gasteiger partial charge is 0.316 e. The van der Waals surface area contributed by atoms with Crippen molar-refractivity contribution in [1.29, 1.82) is 0 Å². The molecule has 1 saturated heterocycles. The third-order valence-corrected chi connectivity index (χ3v) is 2.87. The van der Waals surface area contributed by atoms with Gasteiger partial charge in [-0.05, 0) is 31.0 Å². The zero-order chi connectivity index (χ0) is 13.1. The summed E-state index contributed by atoms with van der Waals surface area (Å²) < 4.78 is 0. The molecule has 1 fully saturated rings. The third kappa shape index (κ3) is 2.68. The van der Waals surface area contributed by atoms with Crippen LogP contribution in [0.15, 0.2) is 24.3 Å². The predicted molar refractivity (Wildman–Crippen MR) is 69.2 cm³/mol. The Morgan fingerprint density at radius 1 is 1.33 bits per heavy atom. The van der Waals surface area contributed by atoms with Gasteiger partial charge in [0.1, 0.15) is 0 Å². The van der Waals surface area contributed by atoms with Crippen LogP contribution in [0.2, 0.25) is 0 Å². The first-order valence-corrected chi connectivity index (χ1v) is 6.02. The average molecular weight is 247 g/mol. The molecule has 5 nitrogen and oxygen atoms in total. The molecule has 1 atom stereocenters. The van der Waals surface area contributed by atoms with E-state index in [1.165, 1.54) is 4.90 Å². The van der Waals surface area contributed by atoms with Crippen molar-refractivity contribution in [3.63, 3.8) is 0 Å². The Labute approximate surface area is 106 Å². The molecule has 0 aliphatic carbocycles. The number of carbonyl (C=O) groups excluding carboxylic acids is 2. The number of nitrogens with zero attached hydrogens (tertiary/aromatic N) is 1. The van der Waals surface area contributed by atoms with E-state index in [1.54, 1.807) is 0 Å². The molecule has 2 rings (SSSR count). The summed E-state index contributed by atoms with van der Waals surface area (Å²) in [5, 5.41) is 2.52. The van der Waals surface area contributed by atoms with E-state index in [2.05, 4.69) is 5.32 Å². The molecule has 2 amide bonds. The van der Waals surface area contributed by atoms with Gasteiger partial charge in [-0.2, -0.15) is 0 Å². The van der Waals surface area contributed by atoms with Gasteiger partial charge in [-0.3, -0.25) is 9.59 Å². The van der Waals surface area contributed by atoms with Gasteiger partial charge in [0.25, 0.3) is 0 Å². The summed E-state index contributed by atoms with van der Waals surface area (Å²) >= 11 is 0. The zero-order valence-electron chi connectivity index (χ0n) is 10.3. The lowest BCUT2D eigenvalue weighted by atomic mass is 10.1. The van der Waals surface area contributed by atoms with Crippen molar-refractivity contribution in [2.75, 3.05) is 18.0 Å². The van der Waals surface area contributed by atoms with E-state index in [1.807, 2.05) is 31.2 Å². The molecule has 1 heterocycles. The van der Waals surface area contributed by atoms with Crippen molar-refractivity contribution in [1.82, 2.24) is 5.32 Å². The van der Waals surface area contributed by atoms with Crippen LogP contribution in [0.3, 0.4) is 0 Å². The first-order chi connectivity index (χ1) is 8.58. The molecule has 5 heteroatoms. The van der Waals surface area contributed by atoms with Gasteiger partial charge in [0, 0.05) is 24.8 Å². The number of hydrogen-bond donors (Lipinski definition) is 2. The van der Waals surface area contributed by atoms with Crippen LogP contribution in [0.25, 0.3) is 0 Å². The summed E-state index contributed by atoms with van der Waals surface area (Å²) in [4.78, 5) is 24.4. The summed E-state index contributed by atoms with van der Waals surface area (Å²) in [6.07, 6.45) is 0.800. The van der Waals surface area contributed by atoms with Crippen LogP contribution in [0.5, 0.6) is 0 Å². The van der Waals surface area contributed by atoms with Gasteiger partial charge >= 0.3 is 11.8 Å². The van der Waals surface area contributed by atoms with Crippen LogP contribution in [0.4, 0.5) is 5.69 Å². The number of benzene rings is 1. The van der Waals surface area contributed by atoms with Gasteiger partial charge in [0.15, 0.2) is 0 Å². The molecular weight excluding hydrogens is 230 g/mol. The Morgan fingerprint density at radius 3 is 2.61 bits per heavy atom. The Hall–Kier alpha value is -1.88. The van der Waals surface area contributed by atoms with Gasteiger partial charge < -0.3 is 16.0 Å². The minimum Gasteiger partial charge on any atom is -0.346 e. The van der Waals surface area contributed by atoms with Crippen molar-refractivity contribution < 1.29 is 9.59 Å². The number of anilines is 1. The lowest BCUT2D eigenvalue weighted by Gasteiger charge is -2.26. The summed E-state index contributed by atoms with van der Waals surface area (Å²) in [6.45, 7) is 2.95. The van der Waals surface area contributed by atoms with Crippen LogP contribution in [-0.4, -0.2) is 30.9 Å². The number of carbonyl (C=O) groups is 2. The number of piperazine rings is 1. The molecule has 0 radical (unpaired) electrons. The highest BCUT2D eigenvalue weighted by Crippen LogP contribution is 2.17. The van der Waals surface area contributed by atoms with Crippen LogP contribution in [0, 0.1) is 0 Å². The fourth-order valence-corrected chi connectivity index (χ4v) is 2.01. The molecule has 0 aromatic heterocycles. The topological polar surface area (TPSA) is 75.4 Å². The van der Waals surface area contributed by atoms with Crippen LogP contribution in [0.1, 0.15) is 12.5 Å². The standard InChI is InChI=1S/C13H17N3O2/c1-9(14)8-10-2-4-11(5-3-10)16-7-6-15-12(17)13(16)18/h2-5,9H,6-8,14H2,1H3,(H,15,17). The van der Waals surface area contributed by atoms with E-state index in [4.69, 9.17) is 5.73 Å². The van der Waals surface area contributed by atoms with Gasteiger partial charge in [-0.1, -0.05) is 12.1 Å². The summed E-state index contributed by atoms with van der Waals surface area (Å²) in [6, 6.07) is 7.71. The van der Waals surface area contributed by atoms with E-state index >= 15 is 0 Å². The van der Waals surface area contributed by atoms with Crippen molar-refractivity contribution in [2.45, 2.75) is 19.4 Å². The minimum absolute atomic E-state index is 0.109. The normalized spacial score (nSPS) is 17.6. The fraction of sp³-hybridized carbons (Fsp3) is 0.385. The Kier molecular flexibility index (Phi) is 3.62. The van der Waals surface area contributed by atoms with Crippen LogP contribution in [-0.2, 0) is 16.0 Å². The monoisotopic (exact) mass is 247 g/mol. The van der Waals surface area contributed by atoms with E-state index < -0.39 is 11.8 Å². The number of nitrogens with two attached hydrogens (primary N) is 1. The maximum Gasteiger partial charge on any atom is 0.316 e. The summed E-state index contributed by atoms with van der Waals surface area (Å²) in [7, 11) is 0. The summed E-state index contributed by atoms with van der Waals surface area (Å²) in [5.74, 6) is -1.04. The lowest BCUT2D eigenvalue weighted by molar-refractivity contribution is -0.138. The second-order valence-electron chi connectivity index (χ2n) is 4.56. The molecule has 18 heavy (non-hydrogen) atoms. The molecule has 0 bridgehead atoms. The largest absolute Gasteiger partial charge is 0.346 e. The average Bonchev–Trinajstić information content (AvgIpc) is 2.33. The molecular formula is C13H17N3O2. The predicted octanol–water partition coefficient (Wildman–Crippen LogP) is 0.0391. The minimum atomic E-state index is -0.541. The number of rotatable bonds is 3. The Balaban J connectivity index is 2.13. The first kappa shape index (κ1) is 12.6. The highest BCUT2D eigenvalue weighted by molar-refractivity contribution is 6.41. The number of amides is 2. The maximum absolute atomic E-state index is 11.7. The zero-order valence-corrected chi connectivity index (χ0v) is 10.3. The second-order valence-corrected chi connectivity index (χ2v) is 4.56. The quantitative estimate of drug-likeness (QED) is 0.740. The number of nitrogens with one attached hydrogen (secondary N) is 1. The maximum atomic E-state index is 11.7. The van der Waals surface area contributed by atoms with Crippen molar-refractivity contribution in [3.8, 4) is 0 Å². The third-order valence-electron chi connectivity index (χ3n) is 2.87. The Morgan fingerprint density at radius 2 is 2.00 bits per heavy atom. The van der Waals surface area contributed by atoms with Crippen molar-refractivity contribution in [3.05, 3.63) is 29.8 Å². The fourth-order valence-electron chi connectivity index (χ4n) is 2.01. The second kappa shape index (κ2) is 5.18. The van der Waals surface area contributed by atoms with Gasteiger partial charge in [0.2, 0.25) is 0 Å². The van der Waals surface area contributed by atoms with Crippen molar-refractivity contribution in [2.24, 2.45) is 5.73 Å². The van der Waals surface area contributed by atoms with E-state index in [0.717, 1.165) is 17.7 Å². The molecule has 1 aliphatic rings. The van der Waals surface area contributed by atoms with E-state index in [9.17, 15) is 9.59 Å². The van der Waals surface area contributed by atoms with Gasteiger partial charge in [-0.15, -0.1) is 0 Å². The molecule has 1 unspecified atom stereocenters. The van der Waals surface area contributed by atoms with E-state index in [-0.39, 0.29) is 6.04 Å². The van der Waals surface area contributed by atoms with Crippen LogP contribution >= 0.6 is 0 Å². The first-order valence-electron chi connectivity index (χ1n) is 6.02. The van der Waals surface area contributed by atoms with Gasteiger partial charge in [-0.25, -0.2) is 0 Å². The molecule has 0 saturated carbocycles. The lowest BCUT2D eigenvalue weighted by Crippen LogP contribution is -2.52.